The second-order valence-electron chi connectivity index (χ2n) is 7.17. The van der Waals surface area contributed by atoms with Crippen molar-refractivity contribution in [2.75, 3.05) is 6.54 Å². The van der Waals surface area contributed by atoms with Crippen molar-refractivity contribution in [1.82, 2.24) is 5.32 Å². The quantitative estimate of drug-likeness (QED) is 0.894. The number of benzene rings is 1. The largest absolute Gasteiger partial charge is 0.487 e. The van der Waals surface area contributed by atoms with Crippen LogP contribution in [0.25, 0.3) is 0 Å². The molecule has 0 radical (unpaired) electrons. The summed E-state index contributed by atoms with van der Waals surface area (Å²) < 4.78 is 12.5. The van der Waals surface area contributed by atoms with Gasteiger partial charge in [0, 0.05) is 18.5 Å². The molecule has 3 nitrogen and oxygen atoms in total. The molecule has 1 aliphatic heterocycles. The Morgan fingerprint density at radius 1 is 1.29 bits per heavy atom. The summed E-state index contributed by atoms with van der Waals surface area (Å²) in [4.78, 5) is 0. The van der Waals surface area contributed by atoms with E-state index in [-0.39, 0.29) is 17.3 Å². The first kappa shape index (κ1) is 16.3. The molecule has 0 aromatic heterocycles. The van der Waals surface area contributed by atoms with Crippen LogP contribution in [0.4, 0.5) is 0 Å². The van der Waals surface area contributed by atoms with Gasteiger partial charge in [0.1, 0.15) is 17.5 Å². The van der Waals surface area contributed by atoms with Crippen LogP contribution in [0, 0.1) is 6.92 Å². The maximum absolute atomic E-state index is 6.34. The second kappa shape index (κ2) is 5.98. The number of hydrogen-bond donors (Lipinski definition) is 1. The van der Waals surface area contributed by atoms with Crippen LogP contribution in [-0.4, -0.2) is 23.9 Å². The van der Waals surface area contributed by atoms with E-state index in [2.05, 4.69) is 65.1 Å². The van der Waals surface area contributed by atoms with Gasteiger partial charge in [-0.05, 0) is 47.2 Å². The highest BCUT2D eigenvalue weighted by molar-refractivity contribution is 5.37. The van der Waals surface area contributed by atoms with E-state index in [1.807, 2.05) is 0 Å². The number of aryl methyl sites for hydroxylation is 1. The first-order valence-electron chi connectivity index (χ1n) is 7.90. The molecular formula is C18H29NO2. The van der Waals surface area contributed by atoms with Crippen molar-refractivity contribution in [1.29, 1.82) is 0 Å². The van der Waals surface area contributed by atoms with E-state index in [1.54, 1.807) is 0 Å². The van der Waals surface area contributed by atoms with Crippen LogP contribution in [0.15, 0.2) is 18.2 Å². The third-order valence-corrected chi connectivity index (χ3v) is 4.04. The summed E-state index contributed by atoms with van der Waals surface area (Å²) in [5.74, 6) is 0.973. The van der Waals surface area contributed by atoms with Gasteiger partial charge in [-0.15, -0.1) is 0 Å². The minimum atomic E-state index is -0.260. The van der Waals surface area contributed by atoms with Crippen LogP contribution < -0.4 is 10.1 Å². The number of hydrogen-bond acceptors (Lipinski definition) is 3. The Morgan fingerprint density at radius 2 is 2.00 bits per heavy atom. The Kier molecular flexibility index (Phi) is 4.64. The van der Waals surface area contributed by atoms with Gasteiger partial charge in [-0.25, -0.2) is 0 Å². The summed E-state index contributed by atoms with van der Waals surface area (Å²) in [6, 6.07) is 6.40. The normalized spacial score (nSPS) is 23.2. The van der Waals surface area contributed by atoms with Gasteiger partial charge < -0.3 is 14.8 Å². The predicted octanol–water partition coefficient (Wildman–Crippen LogP) is 3.83. The zero-order chi connectivity index (χ0) is 15.7. The van der Waals surface area contributed by atoms with E-state index in [1.165, 1.54) is 11.1 Å². The third-order valence-electron chi connectivity index (χ3n) is 4.04. The van der Waals surface area contributed by atoms with Crippen molar-refractivity contribution in [3.8, 4) is 5.75 Å². The van der Waals surface area contributed by atoms with Gasteiger partial charge in [-0.1, -0.05) is 24.6 Å². The number of nitrogens with one attached hydrogen (secondary N) is 1. The molecule has 0 amide bonds. The molecule has 0 aliphatic carbocycles. The lowest BCUT2D eigenvalue weighted by atomic mass is 9.97. The van der Waals surface area contributed by atoms with Crippen molar-refractivity contribution in [3.63, 3.8) is 0 Å². The second-order valence-corrected chi connectivity index (χ2v) is 7.17. The van der Waals surface area contributed by atoms with E-state index in [4.69, 9.17) is 9.47 Å². The molecule has 1 aromatic rings. The van der Waals surface area contributed by atoms with E-state index < -0.39 is 0 Å². The SMILES string of the molecule is CCNCc1cc(C)ccc1OC1CC(C)(C)OC1(C)C. The summed E-state index contributed by atoms with van der Waals surface area (Å²) in [7, 11) is 0. The van der Waals surface area contributed by atoms with Crippen LogP contribution in [-0.2, 0) is 11.3 Å². The fourth-order valence-electron chi connectivity index (χ4n) is 3.07. The Labute approximate surface area is 129 Å². The number of ether oxygens (including phenoxy) is 2. The van der Waals surface area contributed by atoms with Crippen LogP contribution in [0.1, 0.15) is 52.2 Å². The van der Waals surface area contributed by atoms with Gasteiger partial charge in [0.05, 0.1) is 5.60 Å². The maximum Gasteiger partial charge on any atom is 0.130 e. The Bertz CT molecular complexity index is 494. The minimum absolute atomic E-state index is 0.0792. The van der Waals surface area contributed by atoms with Gasteiger partial charge in [0.15, 0.2) is 0 Å². The fraction of sp³-hybridized carbons (Fsp3) is 0.667. The van der Waals surface area contributed by atoms with E-state index in [9.17, 15) is 0 Å². The fourth-order valence-corrected chi connectivity index (χ4v) is 3.07. The van der Waals surface area contributed by atoms with Gasteiger partial charge in [-0.2, -0.15) is 0 Å². The Balaban J connectivity index is 2.19. The molecule has 3 heteroatoms. The summed E-state index contributed by atoms with van der Waals surface area (Å²) >= 11 is 0. The smallest absolute Gasteiger partial charge is 0.130 e. The van der Waals surface area contributed by atoms with Crippen molar-refractivity contribution in [2.45, 2.75) is 71.8 Å². The van der Waals surface area contributed by atoms with Crippen molar-refractivity contribution < 1.29 is 9.47 Å². The zero-order valence-electron chi connectivity index (χ0n) is 14.2. The minimum Gasteiger partial charge on any atom is -0.487 e. The van der Waals surface area contributed by atoms with Crippen molar-refractivity contribution >= 4 is 0 Å². The lowest BCUT2D eigenvalue weighted by molar-refractivity contribution is -0.0846. The molecule has 1 heterocycles. The molecule has 1 unspecified atom stereocenters. The van der Waals surface area contributed by atoms with Crippen LogP contribution in [0.5, 0.6) is 5.75 Å². The average Bonchev–Trinajstić information content (AvgIpc) is 2.57. The molecule has 0 saturated carbocycles. The first-order chi connectivity index (χ1) is 9.73. The zero-order valence-corrected chi connectivity index (χ0v) is 14.2. The molecule has 2 rings (SSSR count). The molecule has 1 fully saturated rings. The topological polar surface area (TPSA) is 30.5 Å². The highest BCUT2D eigenvalue weighted by Crippen LogP contribution is 2.40. The summed E-state index contributed by atoms with van der Waals surface area (Å²) in [6.07, 6.45) is 0.990. The molecule has 1 saturated heterocycles. The van der Waals surface area contributed by atoms with E-state index in [0.717, 1.165) is 25.3 Å². The molecular weight excluding hydrogens is 262 g/mol. The van der Waals surface area contributed by atoms with Gasteiger partial charge in [0.25, 0.3) is 0 Å². The van der Waals surface area contributed by atoms with Crippen LogP contribution in [0.2, 0.25) is 0 Å². The third kappa shape index (κ3) is 3.98. The molecule has 118 valence electrons. The molecule has 0 spiro atoms. The lowest BCUT2D eigenvalue weighted by Gasteiger charge is -2.28. The van der Waals surface area contributed by atoms with Gasteiger partial charge >= 0.3 is 0 Å². The Morgan fingerprint density at radius 3 is 2.57 bits per heavy atom. The van der Waals surface area contributed by atoms with Crippen LogP contribution in [0.3, 0.4) is 0 Å². The molecule has 21 heavy (non-hydrogen) atoms. The number of rotatable bonds is 5. The summed E-state index contributed by atoms with van der Waals surface area (Å²) in [5, 5.41) is 3.38. The standard InChI is InChI=1S/C18H29NO2/c1-7-19-12-14-10-13(2)8-9-15(14)20-16-11-17(3,4)21-18(16,5)6/h8-10,16,19H,7,11-12H2,1-6H3. The lowest BCUT2D eigenvalue weighted by Crippen LogP contribution is -2.37. The highest BCUT2D eigenvalue weighted by Gasteiger charge is 2.47. The Hall–Kier alpha value is -1.06. The monoisotopic (exact) mass is 291 g/mol. The molecule has 1 atom stereocenters. The van der Waals surface area contributed by atoms with Gasteiger partial charge in [0.2, 0.25) is 0 Å². The van der Waals surface area contributed by atoms with E-state index in [0.29, 0.717) is 0 Å². The highest BCUT2D eigenvalue weighted by atomic mass is 16.6. The molecule has 1 aromatic carbocycles. The van der Waals surface area contributed by atoms with E-state index >= 15 is 0 Å². The van der Waals surface area contributed by atoms with Gasteiger partial charge in [-0.3, -0.25) is 0 Å². The molecule has 1 N–H and O–H groups in total. The summed E-state index contributed by atoms with van der Waals surface area (Å²) in [6.45, 7) is 14.5. The maximum atomic E-state index is 6.34. The average molecular weight is 291 g/mol. The molecule has 0 bridgehead atoms. The molecule has 1 aliphatic rings. The van der Waals surface area contributed by atoms with Crippen molar-refractivity contribution in [3.05, 3.63) is 29.3 Å². The summed E-state index contributed by atoms with van der Waals surface area (Å²) in [5.41, 5.74) is 2.10. The van der Waals surface area contributed by atoms with Crippen molar-refractivity contribution in [2.24, 2.45) is 0 Å². The first-order valence-corrected chi connectivity index (χ1v) is 7.90. The van der Waals surface area contributed by atoms with Crippen LogP contribution >= 0.6 is 0 Å². The predicted molar refractivity (Wildman–Crippen MR) is 86.8 cm³/mol.